The van der Waals surface area contributed by atoms with E-state index in [0.717, 1.165) is 12.6 Å². The summed E-state index contributed by atoms with van der Waals surface area (Å²) >= 11 is 0. The Morgan fingerprint density at radius 2 is 1.48 bits per heavy atom. The fourth-order valence-corrected chi connectivity index (χ4v) is 0.577. The Labute approximate surface area is 126 Å². The third kappa shape index (κ3) is 31.8. The Hall–Kier alpha value is -2.41. The summed E-state index contributed by atoms with van der Waals surface area (Å²) in [6, 6.07) is 0. The van der Waals surface area contributed by atoms with Crippen molar-refractivity contribution in [2.24, 2.45) is 5.73 Å². The van der Waals surface area contributed by atoms with Gasteiger partial charge in [0.1, 0.15) is 0 Å². The predicted octanol–water partition coefficient (Wildman–Crippen LogP) is -0.574. The van der Waals surface area contributed by atoms with Crippen molar-refractivity contribution in [1.82, 2.24) is 15.5 Å². The van der Waals surface area contributed by atoms with Gasteiger partial charge in [0, 0.05) is 20.1 Å². The van der Waals surface area contributed by atoms with E-state index >= 15 is 0 Å². The van der Waals surface area contributed by atoms with Crippen LogP contribution < -0.4 is 16.4 Å². The molecule has 0 aromatic carbocycles. The smallest absolute Gasteiger partial charge is 0.243 e. The van der Waals surface area contributed by atoms with Gasteiger partial charge in [0.15, 0.2) is 0 Å². The monoisotopic (exact) mass is 298 g/mol. The van der Waals surface area contributed by atoms with Crippen molar-refractivity contribution < 1.29 is 14.4 Å². The number of amides is 3. The molecule has 0 radical (unpaired) electrons. The zero-order valence-electron chi connectivity index (χ0n) is 13.0. The Kier molecular flexibility index (Phi) is 19.8. The molecular weight excluding hydrogens is 272 g/mol. The number of nitrogens with one attached hydrogen (secondary N) is 2. The first-order valence-electron chi connectivity index (χ1n) is 6.06. The van der Waals surface area contributed by atoms with Gasteiger partial charge in [-0.05, 0) is 32.3 Å². The molecule has 7 nitrogen and oxygen atoms in total. The molecule has 120 valence electrons. The molecule has 0 aromatic heterocycles. The number of rotatable bonds is 6. The van der Waals surface area contributed by atoms with E-state index in [0.29, 0.717) is 6.54 Å². The molecule has 0 bridgehead atoms. The van der Waals surface area contributed by atoms with Crippen LogP contribution >= 0.6 is 0 Å². The molecule has 7 heteroatoms. The Morgan fingerprint density at radius 3 is 1.67 bits per heavy atom. The number of hydrogen-bond donors (Lipinski definition) is 3. The molecule has 0 aliphatic carbocycles. The molecule has 0 unspecified atom stereocenters. The minimum absolute atomic E-state index is 0.109. The maximum atomic E-state index is 10.5. The van der Waals surface area contributed by atoms with E-state index in [1.807, 2.05) is 19.0 Å². The van der Waals surface area contributed by atoms with E-state index in [2.05, 4.69) is 36.1 Å². The molecule has 0 saturated carbocycles. The molecule has 4 N–H and O–H groups in total. The summed E-state index contributed by atoms with van der Waals surface area (Å²) in [6.07, 6.45) is 3.55. The molecule has 0 atom stereocenters. The first-order valence-corrected chi connectivity index (χ1v) is 6.06. The Morgan fingerprint density at radius 1 is 1.05 bits per heavy atom. The number of nitrogens with two attached hydrogens (primary N) is 1. The third-order valence-electron chi connectivity index (χ3n) is 1.68. The number of likely N-dealkylation sites (N-methyl/N-ethyl adjacent to an activating group) is 2. The number of hydrogen-bond acceptors (Lipinski definition) is 4. The van der Waals surface area contributed by atoms with E-state index < -0.39 is 5.91 Å². The second-order valence-corrected chi connectivity index (χ2v) is 3.72. The van der Waals surface area contributed by atoms with Crippen LogP contribution in [0.25, 0.3) is 0 Å². The highest BCUT2D eigenvalue weighted by atomic mass is 16.2. The van der Waals surface area contributed by atoms with Crippen molar-refractivity contribution in [3.63, 3.8) is 0 Å². The lowest BCUT2D eigenvalue weighted by molar-refractivity contribution is -0.117. The summed E-state index contributed by atoms with van der Waals surface area (Å²) in [5.74, 6) is -0.734. The molecule has 0 aromatic rings. The molecule has 0 rings (SSSR count). The lowest BCUT2D eigenvalue weighted by Gasteiger charge is -2.08. The molecule has 3 amide bonds. The van der Waals surface area contributed by atoms with Crippen LogP contribution in [0.4, 0.5) is 0 Å². The molecule has 0 spiro atoms. The summed E-state index contributed by atoms with van der Waals surface area (Å²) in [5.41, 5.74) is 4.53. The number of carbonyl (C=O) groups excluding carboxylic acids is 3. The number of carbonyl (C=O) groups is 3. The highest BCUT2D eigenvalue weighted by Gasteiger charge is 1.92. The molecule has 0 aliphatic heterocycles. The highest BCUT2D eigenvalue weighted by molar-refractivity contribution is 5.87. The second-order valence-electron chi connectivity index (χ2n) is 3.72. The molecule has 21 heavy (non-hydrogen) atoms. The van der Waals surface area contributed by atoms with Gasteiger partial charge < -0.3 is 21.3 Å². The molecule has 0 fully saturated rings. The van der Waals surface area contributed by atoms with Crippen LogP contribution in [0.1, 0.15) is 0 Å². The first-order chi connectivity index (χ1) is 9.74. The highest BCUT2D eigenvalue weighted by Crippen LogP contribution is 1.71. The van der Waals surface area contributed by atoms with Gasteiger partial charge >= 0.3 is 0 Å². The quantitative estimate of drug-likeness (QED) is 0.571. The van der Waals surface area contributed by atoms with Crippen LogP contribution in [0.3, 0.4) is 0 Å². The van der Waals surface area contributed by atoms with Gasteiger partial charge in [-0.3, -0.25) is 14.4 Å². The number of nitrogens with zero attached hydrogens (tertiary/aromatic N) is 1. The van der Waals surface area contributed by atoms with Crippen LogP contribution in [-0.2, 0) is 14.4 Å². The van der Waals surface area contributed by atoms with Crippen molar-refractivity contribution in [3.8, 4) is 0 Å². The van der Waals surface area contributed by atoms with Crippen molar-refractivity contribution >= 4 is 17.7 Å². The summed E-state index contributed by atoms with van der Waals surface area (Å²) in [4.78, 5) is 32.0. The summed E-state index contributed by atoms with van der Waals surface area (Å²) in [7, 11) is 5.48. The van der Waals surface area contributed by atoms with Gasteiger partial charge in [-0.1, -0.05) is 19.7 Å². The van der Waals surface area contributed by atoms with E-state index in [-0.39, 0.29) is 11.8 Å². The van der Waals surface area contributed by atoms with Crippen LogP contribution in [0.5, 0.6) is 0 Å². The van der Waals surface area contributed by atoms with Crippen LogP contribution in [-0.4, -0.2) is 56.9 Å². The maximum Gasteiger partial charge on any atom is 0.243 e. The van der Waals surface area contributed by atoms with E-state index in [9.17, 15) is 14.4 Å². The lowest BCUT2D eigenvalue weighted by atomic mass is 10.5. The average Bonchev–Trinajstić information content (AvgIpc) is 2.46. The van der Waals surface area contributed by atoms with E-state index in [1.54, 1.807) is 7.05 Å². The minimum atomic E-state index is -0.481. The fraction of sp³-hybridized carbons (Fsp3) is 0.357. The van der Waals surface area contributed by atoms with Gasteiger partial charge in [0.25, 0.3) is 0 Å². The molecule has 0 aliphatic rings. The summed E-state index contributed by atoms with van der Waals surface area (Å²) in [5, 5.41) is 5.02. The van der Waals surface area contributed by atoms with Crippen LogP contribution in [0, 0.1) is 0 Å². The van der Waals surface area contributed by atoms with Gasteiger partial charge in [-0.25, -0.2) is 0 Å². The Bertz CT molecular complexity index is 352. The largest absolute Gasteiger partial charge is 0.366 e. The number of primary amides is 1. The maximum absolute atomic E-state index is 10.5. The molecule has 0 saturated heterocycles. The normalized spacial score (nSPS) is 8.00. The lowest BCUT2D eigenvalue weighted by Crippen LogP contribution is -2.29. The summed E-state index contributed by atoms with van der Waals surface area (Å²) < 4.78 is 0. The average molecular weight is 298 g/mol. The van der Waals surface area contributed by atoms with Crippen molar-refractivity contribution in [1.29, 1.82) is 0 Å². The third-order valence-corrected chi connectivity index (χ3v) is 1.68. The van der Waals surface area contributed by atoms with Gasteiger partial charge in [-0.2, -0.15) is 0 Å². The Balaban J connectivity index is -0.000000252. The summed E-state index contributed by atoms with van der Waals surface area (Å²) in [6.45, 7) is 11.2. The van der Waals surface area contributed by atoms with Crippen LogP contribution in [0.15, 0.2) is 38.0 Å². The fourth-order valence-electron chi connectivity index (χ4n) is 0.577. The topological polar surface area (TPSA) is 105 Å². The zero-order valence-corrected chi connectivity index (χ0v) is 13.0. The molecule has 0 heterocycles. The minimum Gasteiger partial charge on any atom is -0.366 e. The zero-order chi connectivity index (χ0) is 17.3. The van der Waals surface area contributed by atoms with Crippen LogP contribution in [0.2, 0.25) is 0 Å². The van der Waals surface area contributed by atoms with Gasteiger partial charge in [-0.15, -0.1) is 0 Å². The second kappa shape index (κ2) is 17.6. The molecular formula is C14H26N4O3. The first kappa shape index (κ1) is 23.7. The van der Waals surface area contributed by atoms with Crippen molar-refractivity contribution in [2.45, 2.75) is 0 Å². The van der Waals surface area contributed by atoms with Crippen molar-refractivity contribution in [3.05, 3.63) is 38.0 Å². The van der Waals surface area contributed by atoms with Crippen molar-refractivity contribution in [2.75, 3.05) is 34.2 Å². The SMILES string of the molecule is C=CC(=O)NC.C=CC(=O)NCCN(C)C.C=CC(N)=O. The standard InChI is InChI=1S/C7H14N2O.C4H7NO.C3H5NO/c1-4-7(10)8-5-6-9(2)3;1-3-4(6)5-2;1-2-3(4)5/h4H,1,5-6H2,2-3H3,(H,8,10);3H,1H2,2H3,(H,5,6);2H,1H2,(H2,4,5). The van der Waals surface area contributed by atoms with Gasteiger partial charge in [0.2, 0.25) is 17.7 Å². The van der Waals surface area contributed by atoms with E-state index in [4.69, 9.17) is 0 Å². The predicted molar refractivity (Wildman–Crippen MR) is 85.4 cm³/mol. The van der Waals surface area contributed by atoms with Gasteiger partial charge in [0.05, 0.1) is 0 Å². The van der Waals surface area contributed by atoms with E-state index in [1.165, 1.54) is 12.2 Å².